The number of esters is 1. The topological polar surface area (TPSA) is 79.1 Å². The molecule has 27 heavy (non-hydrogen) atoms. The predicted molar refractivity (Wildman–Crippen MR) is 109 cm³/mol. The highest BCUT2D eigenvalue weighted by Crippen LogP contribution is 2.16. The number of guanidine groups is 1. The monoisotopic (exact) mass is 380 g/mol. The first-order valence-electron chi connectivity index (χ1n) is 9.89. The zero-order chi connectivity index (χ0) is 20.2. The van der Waals surface area contributed by atoms with Crippen molar-refractivity contribution in [2.24, 2.45) is 4.99 Å². The van der Waals surface area contributed by atoms with Gasteiger partial charge in [0, 0.05) is 12.6 Å². The fourth-order valence-corrected chi connectivity index (χ4v) is 2.88. The van der Waals surface area contributed by atoms with E-state index in [1.54, 1.807) is 13.0 Å². The van der Waals surface area contributed by atoms with E-state index >= 15 is 0 Å². The number of carbonyl (C=O) groups is 1. The molecule has 0 aliphatic rings. The van der Waals surface area contributed by atoms with Crippen LogP contribution < -0.4 is 10.6 Å². The third-order valence-electron chi connectivity index (χ3n) is 4.50. The number of ether oxygens (including phenoxy) is 1. The Balaban J connectivity index is 2.60. The number of hydrogen-bond acceptors (Lipinski definition) is 5. The van der Waals surface area contributed by atoms with Gasteiger partial charge in [-0.15, -0.1) is 0 Å². The second kappa shape index (κ2) is 12.4. The van der Waals surface area contributed by atoms with Gasteiger partial charge in [0.15, 0.2) is 5.96 Å². The zero-order valence-corrected chi connectivity index (χ0v) is 17.7. The van der Waals surface area contributed by atoms with Crippen LogP contribution in [0.1, 0.15) is 62.4 Å². The first-order valence-corrected chi connectivity index (χ1v) is 9.89. The Labute approximate surface area is 163 Å². The lowest BCUT2D eigenvalue weighted by Gasteiger charge is -2.21. The van der Waals surface area contributed by atoms with Gasteiger partial charge in [0.2, 0.25) is 0 Å². The van der Waals surface area contributed by atoms with Gasteiger partial charge in [-0.3, -0.25) is 0 Å². The summed E-state index contributed by atoms with van der Waals surface area (Å²) in [5.41, 5.74) is 0.449. The smallest absolute Gasteiger partial charge is 0.341 e. The number of aryl methyl sites for hydroxylation is 1. The molecule has 0 aliphatic carbocycles. The third-order valence-corrected chi connectivity index (χ3v) is 4.50. The van der Waals surface area contributed by atoms with Crippen molar-refractivity contribution in [2.75, 3.05) is 33.3 Å². The molecular formula is C20H36N4O3. The fourth-order valence-electron chi connectivity index (χ4n) is 2.88. The molecule has 0 aromatic carbocycles. The molecule has 7 nitrogen and oxygen atoms in total. The van der Waals surface area contributed by atoms with Gasteiger partial charge >= 0.3 is 5.97 Å². The maximum Gasteiger partial charge on any atom is 0.341 e. The number of methoxy groups -OCH3 is 1. The summed E-state index contributed by atoms with van der Waals surface area (Å²) in [4.78, 5) is 18.7. The van der Waals surface area contributed by atoms with Gasteiger partial charge in [-0.2, -0.15) is 0 Å². The quantitative estimate of drug-likeness (QED) is 0.349. The van der Waals surface area contributed by atoms with Gasteiger partial charge in [-0.25, -0.2) is 9.79 Å². The highest BCUT2D eigenvalue weighted by atomic mass is 16.5. The summed E-state index contributed by atoms with van der Waals surface area (Å²) in [5.74, 6) is 1.55. The third kappa shape index (κ3) is 8.03. The summed E-state index contributed by atoms with van der Waals surface area (Å²) in [6, 6.07) is 2.02. The van der Waals surface area contributed by atoms with Gasteiger partial charge in [-0.1, -0.05) is 13.8 Å². The first-order chi connectivity index (χ1) is 12.9. The molecule has 0 radical (unpaired) electrons. The number of hydrogen-bond donors (Lipinski definition) is 2. The molecule has 1 rings (SSSR count). The average molecular weight is 381 g/mol. The Morgan fingerprint density at radius 2 is 2.04 bits per heavy atom. The second-order valence-electron chi connectivity index (χ2n) is 6.58. The number of furan rings is 1. The van der Waals surface area contributed by atoms with E-state index in [2.05, 4.69) is 41.3 Å². The Hall–Kier alpha value is -2.02. The van der Waals surface area contributed by atoms with E-state index in [4.69, 9.17) is 9.15 Å². The molecule has 1 aromatic heterocycles. The minimum absolute atomic E-state index is 0.322. The summed E-state index contributed by atoms with van der Waals surface area (Å²) in [6.45, 7) is 14.8. The number of rotatable bonds is 11. The molecule has 1 unspecified atom stereocenters. The molecule has 154 valence electrons. The minimum Gasteiger partial charge on any atom is -0.465 e. The van der Waals surface area contributed by atoms with E-state index in [1.807, 2.05) is 6.92 Å². The van der Waals surface area contributed by atoms with Gasteiger partial charge in [0.05, 0.1) is 7.11 Å². The highest BCUT2D eigenvalue weighted by Gasteiger charge is 2.15. The van der Waals surface area contributed by atoms with Crippen molar-refractivity contribution in [1.29, 1.82) is 0 Å². The lowest BCUT2D eigenvalue weighted by atomic mass is 10.2. The van der Waals surface area contributed by atoms with Crippen LogP contribution in [0.3, 0.4) is 0 Å². The number of carbonyl (C=O) groups excluding carboxylic acids is 1. The fraction of sp³-hybridized carbons (Fsp3) is 0.700. The van der Waals surface area contributed by atoms with E-state index in [0.717, 1.165) is 45.0 Å². The molecule has 0 amide bonds. The molecule has 7 heteroatoms. The van der Waals surface area contributed by atoms with E-state index in [-0.39, 0.29) is 0 Å². The average Bonchev–Trinajstić information content (AvgIpc) is 3.03. The molecule has 1 heterocycles. The Morgan fingerprint density at radius 1 is 1.33 bits per heavy atom. The van der Waals surface area contributed by atoms with Gasteiger partial charge < -0.3 is 24.7 Å². The van der Waals surface area contributed by atoms with Crippen LogP contribution in [0.15, 0.2) is 15.5 Å². The van der Waals surface area contributed by atoms with Crippen molar-refractivity contribution in [1.82, 2.24) is 15.5 Å². The summed E-state index contributed by atoms with van der Waals surface area (Å²) in [5, 5.41) is 6.70. The lowest BCUT2D eigenvalue weighted by Crippen LogP contribution is -2.42. The lowest BCUT2D eigenvalue weighted by molar-refractivity contribution is 0.0599. The Kier molecular flexibility index (Phi) is 10.6. The molecule has 1 aromatic rings. The maximum atomic E-state index is 11.7. The van der Waals surface area contributed by atoms with Crippen LogP contribution in [0.4, 0.5) is 0 Å². The molecule has 0 aliphatic heterocycles. The summed E-state index contributed by atoms with van der Waals surface area (Å²) < 4.78 is 10.4. The van der Waals surface area contributed by atoms with E-state index in [1.165, 1.54) is 7.11 Å². The van der Waals surface area contributed by atoms with Crippen molar-refractivity contribution in [3.8, 4) is 0 Å². The van der Waals surface area contributed by atoms with Gasteiger partial charge in [0.25, 0.3) is 0 Å². The SMILES string of the molecule is CCNC(=NCc1cc(C(=O)OC)c(C)o1)NC(C)CCCN(CC)CC. The summed E-state index contributed by atoms with van der Waals surface area (Å²) in [6.07, 6.45) is 2.22. The summed E-state index contributed by atoms with van der Waals surface area (Å²) >= 11 is 0. The summed E-state index contributed by atoms with van der Waals surface area (Å²) in [7, 11) is 1.36. The molecule has 1 atom stereocenters. The molecule has 0 saturated carbocycles. The molecular weight excluding hydrogens is 344 g/mol. The van der Waals surface area contributed by atoms with E-state index < -0.39 is 5.97 Å². The molecule has 2 N–H and O–H groups in total. The van der Waals surface area contributed by atoms with Crippen LogP contribution in [-0.2, 0) is 11.3 Å². The first kappa shape index (κ1) is 23.0. The van der Waals surface area contributed by atoms with Crippen LogP contribution in [0, 0.1) is 6.92 Å². The standard InChI is InChI=1S/C20H36N4O3/c1-7-21-20(23-15(4)11-10-12-24(8-2)9-3)22-14-17-13-18(16(5)27-17)19(25)26-6/h13,15H,7-12,14H2,1-6H3,(H2,21,22,23). The van der Waals surface area contributed by atoms with Crippen LogP contribution in [0.5, 0.6) is 0 Å². The molecule has 0 saturated heterocycles. The Morgan fingerprint density at radius 3 is 2.63 bits per heavy atom. The highest BCUT2D eigenvalue weighted by molar-refractivity contribution is 5.90. The largest absolute Gasteiger partial charge is 0.465 e. The van der Waals surface area contributed by atoms with Gasteiger partial charge in [0.1, 0.15) is 23.6 Å². The van der Waals surface area contributed by atoms with Crippen LogP contribution >= 0.6 is 0 Å². The molecule has 0 spiro atoms. The number of aliphatic imine (C=N–C) groups is 1. The van der Waals surface area contributed by atoms with Crippen LogP contribution in [0.25, 0.3) is 0 Å². The van der Waals surface area contributed by atoms with Crippen molar-refractivity contribution in [3.05, 3.63) is 23.2 Å². The van der Waals surface area contributed by atoms with E-state index in [0.29, 0.717) is 29.7 Å². The van der Waals surface area contributed by atoms with E-state index in [9.17, 15) is 4.79 Å². The van der Waals surface area contributed by atoms with Crippen molar-refractivity contribution in [3.63, 3.8) is 0 Å². The van der Waals surface area contributed by atoms with Crippen molar-refractivity contribution >= 4 is 11.9 Å². The minimum atomic E-state index is -0.390. The van der Waals surface area contributed by atoms with Crippen LogP contribution in [0.2, 0.25) is 0 Å². The van der Waals surface area contributed by atoms with Crippen LogP contribution in [-0.4, -0.2) is 56.2 Å². The number of nitrogens with zero attached hydrogens (tertiary/aromatic N) is 2. The Bertz CT molecular complexity index is 594. The number of nitrogens with one attached hydrogen (secondary N) is 2. The predicted octanol–water partition coefficient (Wildman–Crippen LogP) is 2.94. The molecule has 0 bridgehead atoms. The molecule has 0 fully saturated rings. The van der Waals surface area contributed by atoms with Crippen molar-refractivity contribution < 1.29 is 13.9 Å². The van der Waals surface area contributed by atoms with Gasteiger partial charge in [-0.05, 0) is 59.3 Å². The van der Waals surface area contributed by atoms with Crippen molar-refractivity contribution in [2.45, 2.75) is 60.0 Å². The zero-order valence-electron chi connectivity index (χ0n) is 17.7. The second-order valence-corrected chi connectivity index (χ2v) is 6.58. The maximum absolute atomic E-state index is 11.7. The normalized spacial score (nSPS) is 12.9.